The van der Waals surface area contributed by atoms with Crippen molar-refractivity contribution in [2.24, 2.45) is 0 Å². The van der Waals surface area contributed by atoms with E-state index in [1.54, 1.807) is 7.11 Å². The molecule has 0 saturated carbocycles. The first-order chi connectivity index (χ1) is 10.1. The van der Waals surface area contributed by atoms with Crippen molar-refractivity contribution >= 4 is 11.6 Å². The highest BCUT2D eigenvalue weighted by Crippen LogP contribution is 2.25. The fourth-order valence-electron chi connectivity index (χ4n) is 2.33. The minimum atomic E-state index is -0.0550. The second-order valence-corrected chi connectivity index (χ2v) is 5.26. The summed E-state index contributed by atoms with van der Waals surface area (Å²) >= 11 is 5.99. The van der Waals surface area contributed by atoms with Crippen LogP contribution < -0.4 is 14.8 Å². The molecule has 1 N–H and O–H groups in total. The van der Waals surface area contributed by atoms with Gasteiger partial charge in [-0.2, -0.15) is 0 Å². The molecule has 2 aromatic carbocycles. The summed E-state index contributed by atoms with van der Waals surface area (Å²) in [5, 5.41) is 3.96. The van der Waals surface area contributed by atoms with Crippen LogP contribution in [0.3, 0.4) is 0 Å². The van der Waals surface area contributed by atoms with Crippen LogP contribution in [0.4, 0.5) is 0 Å². The Bertz CT molecular complexity index is 589. The molecular weight excluding hydrogens is 286 g/mol. The lowest BCUT2D eigenvalue weighted by molar-refractivity contribution is 0.175. The quantitative estimate of drug-likeness (QED) is 0.872. The smallest absolute Gasteiger partial charge is 0.121 e. The van der Waals surface area contributed by atoms with Gasteiger partial charge in [-0.1, -0.05) is 29.8 Å². The van der Waals surface area contributed by atoms with Crippen LogP contribution in [-0.4, -0.2) is 20.3 Å². The van der Waals surface area contributed by atoms with Crippen LogP contribution in [0.2, 0.25) is 5.02 Å². The summed E-state index contributed by atoms with van der Waals surface area (Å²) in [6.45, 7) is 2.03. The second-order valence-electron chi connectivity index (χ2n) is 4.82. The van der Waals surface area contributed by atoms with Crippen molar-refractivity contribution in [2.75, 3.05) is 14.2 Å². The Morgan fingerprint density at radius 2 is 1.76 bits per heavy atom. The summed E-state index contributed by atoms with van der Waals surface area (Å²) in [5.41, 5.74) is 1.12. The Labute approximate surface area is 130 Å². The zero-order valence-corrected chi connectivity index (χ0v) is 13.2. The van der Waals surface area contributed by atoms with E-state index in [4.69, 9.17) is 21.1 Å². The lowest BCUT2D eigenvalue weighted by Crippen LogP contribution is -2.31. The predicted molar refractivity (Wildman–Crippen MR) is 86.3 cm³/mol. The van der Waals surface area contributed by atoms with Gasteiger partial charge in [0, 0.05) is 5.02 Å². The summed E-state index contributed by atoms with van der Waals surface area (Å²) in [4.78, 5) is 0. The van der Waals surface area contributed by atoms with Gasteiger partial charge in [0.15, 0.2) is 0 Å². The lowest BCUT2D eigenvalue weighted by Gasteiger charge is -2.25. The molecule has 0 heterocycles. The van der Waals surface area contributed by atoms with Crippen molar-refractivity contribution in [1.82, 2.24) is 5.32 Å². The number of nitrogens with one attached hydrogen (secondary N) is 1. The van der Waals surface area contributed by atoms with Gasteiger partial charge in [-0.3, -0.25) is 0 Å². The maximum absolute atomic E-state index is 5.99. The number of methoxy groups -OCH3 is 1. The molecule has 2 atom stereocenters. The SMILES string of the molecule is CNC(c1cccc(OC)c1)C(C)Oc1cccc(Cl)c1. The number of hydrogen-bond acceptors (Lipinski definition) is 3. The zero-order chi connectivity index (χ0) is 15.2. The third-order valence-corrected chi connectivity index (χ3v) is 3.59. The Morgan fingerprint density at radius 3 is 2.43 bits per heavy atom. The summed E-state index contributed by atoms with van der Waals surface area (Å²) in [6, 6.07) is 15.5. The fraction of sp³-hybridized carbons (Fsp3) is 0.294. The molecule has 0 saturated heterocycles. The first kappa shape index (κ1) is 15.7. The van der Waals surface area contributed by atoms with Gasteiger partial charge >= 0.3 is 0 Å². The minimum absolute atomic E-state index is 0.0547. The fourth-order valence-corrected chi connectivity index (χ4v) is 2.51. The molecule has 112 valence electrons. The summed E-state index contributed by atoms with van der Waals surface area (Å²) in [5.74, 6) is 1.60. The van der Waals surface area contributed by atoms with E-state index in [1.165, 1.54) is 0 Å². The van der Waals surface area contributed by atoms with Crippen LogP contribution in [-0.2, 0) is 0 Å². The maximum atomic E-state index is 5.99. The number of likely N-dealkylation sites (N-methyl/N-ethyl adjacent to an activating group) is 1. The normalized spacial score (nSPS) is 13.5. The van der Waals surface area contributed by atoms with Crippen LogP contribution in [0.5, 0.6) is 11.5 Å². The highest BCUT2D eigenvalue weighted by atomic mass is 35.5. The molecule has 0 aliphatic rings. The molecule has 0 radical (unpaired) electrons. The average molecular weight is 306 g/mol. The Hall–Kier alpha value is -1.71. The topological polar surface area (TPSA) is 30.5 Å². The molecule has 0 amide bonds. The van der Waals surface area contributed by atoms with Crippen molar-refractivity contribution in [3.05, 3.63) is 59.1 Å². The van der Waals surface area contributed by atoms with Crippen molar-refractivity contribution in [3.8, 4) is 11.5 Å². The van der Waals surface area contributed by atoms with Gasteiger partial charge < -0.3 is 14.8 Å². The van der Waals surface area contributed by atoms with Crippen molar-refractivity contribution in [1.29, 1.82) is 0 Å². The molecule has 2 aromatic rings. The standard InChI is InChI=1S/C17H20ClNO2/c1-12(21-16-9-5-7-14(18)11-16)17(19-2)13-6-4-8-15(10-13)20-3/h4-12,17,19H,1-3H3. The van der Waals surface area contributed by atoms with E-state index in [-0.39, 0.29) is 12.1 Å². The second kappa shape index (κ2) is 7.34. The van der Waals surface area contributed by atoms with E-state index >= 15 is 0 Å². The van der Waals surface area contributed by atoms with Crippen molar-refractivity contribution < 1.29 is 9.47 Å². The zero-order valence-electron chi connectivity index (χ0n) is 12.5. The third kappa shape index (κ3) is 4.13. The first-order valence-corrected chi connectivity index (χ1v) is 7.25. The molecule has 4 heteroatoms. The summed E-state index contributed by atoms with van der Waals surface area (Å²) in [7, 11) is 3.58. The van der Waals surface area contributed by atoms with E-state index in [0.717, 1.165) is 17.1 Å². The molecular formula is C17H20ClNO2. The Kier molecular flexibility index (Phi) is 5.48. The van der Waals surface area contributed by atoms with E-state index < -0.39 is 0 Å². The lowest BCUT2D eigenvalue weighted by atomic mass is 10.0. The molecule has 0 aliphatic carbocycles. The van der Waals surface area contributed by atoms with Gasteiger partial charge in [-0.25, -0.2) is 0 Å². The molecule has 0 aliphatic heterocycles. The largest absolute Gasteiger partial charge is 0.497 e. The van der Waals surface area contributed by atoms with Gasteiger partial charge in [-0.05, 0) is 49.9 Å². The van der Waals surface area contributed by atoms with E-state index in [2.05, 4.69) is 11.4 Å². The molecule has 0 fully saturated rings. The summed E-state index contributed by atoms with van der Waals surface area (Å²) in [6.07, 6.45) is -0.0550. The van der Waals surface area contributed by atoms with Gasteiger partial charge in [-0.15, -0.1) is 0 Å². The molecule has 2 rings (SSSR count). The highest BCUT2D eigenvalue weighted by molar-refractivity contribution is 6.30. The van der Waals surface area contributed by atoms with Crippen LogP contribution in [0.25, 0.3) is 0 Å². The molecule has 0 spiro atoms. The molecule has 0 aromatic heterocycles. The van der Waals surface area contributed by atoms with Crippen molar-refractivity contribution in [3.63, 3.8) is 0 Å². The highest BCUT2D eigenvalue weighted by Gasteiger charge is 2.19. The van der Waals surface area contributed by atoms with Crippen LogP contribution in [0.1, 0.15) is 18.5 Å². The van der Waals surface area contributed by atoms with Gasteiger partial charge in [0.1, 0.15) is 17.6 Å². The van der Waals surface area contributed by atoms with Crippen LogP contribution in [0, 0.1) is 0 Å². The number of ether oxygens (including phenoxy) is 2. The van der Waals surface area contributed by atoms with E-state index in [9.17, 15) is 0 Å². The molecule has 21 heavy (non-hydrogen) atoms. The summed E-state index contributed by atoms with van der Waals surface area (Å²) < 4.78 is 11.3. The monoisotopic (exact) mass is 305 g/mol. The Morgan fingerprint density at radius 1 is 1.05 bits per heavy atom. The molecule has 0 bridgehead atoms. The average Bonchev–Trinajstić information content (AvgIpc) is 2.48. The molecule has 3 nitrogen and oxygen atoms in total. The first-order valence-electron chi connectivity index (χ1n) is 6.87. The Balaban J connectivity index is 2.16. The number of hydrogen-bond donors (Lipinski definition) is 1. The van der Waals surface area contributed by atoms with Crippen LogP contribution >= 0.6 is 11.6 Å². The molecule has 2 unspecified atom stereocenters. The number of rotatable bonds is 6. The predicted octanol–water partition coefficient (Wildman–Crippen LogP) is 4.08. The maximum Gasteiger partial charge on any atom is 0.121 e. The van der Waals surface area contributed by atoms with Gasteiger partial charge in [0.2, 0.25) is 0 Å². The van der Waals surface area contributed by atoms with Gasteiger partial charge in [0.05, 0.1) is 13.2 Å². The van der Waals surface area contributed by atoms with Crippen LogP contribution in [0.15, 0.2) is 48.5 Å². The minimum Gasteiger partial charge on any atom is -0.497 e. The van der Waals surface area contributed by atoms with E-state index in [1.807, 2.05) is 56.4 Å². The van der Waals surface area contributed by atoms with Gasteiger partial charge in [0.25, 0.3) is 0 Å². The number of halogens is 1. The van der Waals surface area contributed by atoms with E-state index in [0.29, 0.717) is 5.02 Å². The third-order valence-electron chi connectivity index (χ3n) is 3.35. The number of benzene rings is 2. The van der Waals surface area contributed by atoms with Crippen molar-refractivity contribution in [2.45, 2.75) is 19.1 Å².